The van der Waals surface area contributed by atoms with Gasteiger partial charge in [-0.05, 0) is 80.2 Å². The maximum atomic E-state index is 10.4. The molecule has 2 atom stereocenters. The molecular weight excluding hydrogens is 422 g/mol. The number of nitrogens with zero attached hydrogens (tertiary/aromatic N) is 3. The first-order valence-corrected chi connectivity index (χ1v) is 12.1. The van der Waals surface area contributed by atoms with Crippen LogP contribution in [0.25, 0.3) is 0 Å². The summed E-state index contributed by atoms with van der Waals surface area (Å²) in [6.07, 6.45) is 13.7. The number of hydrazone groups is 1. The fraction of sp³-hybridized carbons (Fsp3) is 0.393. The minimum absolute atomic E-state index is 0.505. The number of amides is 1. The maximum absolute atomic E-state index is 10.4. The lowest BCUT2D eigenvalue weighted by Gasteiger charge is -2.22. The number of pyridine rings is 1. The van der Waals surface area contributed by atoms with Crippen molar-refractivity contribution in [3.63, 3.8) is 0 Å². The van der Waals surface area contributed by atoms with Gasteiger partial charge >= 0.3 is 0 Å². The quantitative estimate of drug-likeness (QED) is 0.323. The molecule has 0 radical (unpaired) electrons. The molecule has 180 valence electrons. The van der Waals surface area contributed by atoms with Crippen molar-refractivity contribution in [1.29, 1.82) is 0 Å². The first-order chi connectivity index (χ1) is 16.6. The molecule has 1 saturated heterocycles. The molecule has 1 aromatic carbocycles. The van der Waals surface area contributed by atoms with Crippen molar-refractivity contribution in [2.24, 2.45) is 11.0 Å². The average molecular weight is 460 g/mol. The van der Waals surface area contributed by atoms with Gasteiger partial charge in [-0.1, -0.05) is 49.4 Å². The fourth-order valence-corrected chi connectivity index (χ4v) is 4.58. The molecule has 1 aliphatic heterocycles. The van der Waals surface area contributed by atoms with Gasteiger partial charge in [0.25, 0.3) is 0 Å². The highest BCUT2D eigenvalue weighted by atomic mass is 16.1. The summed E-state index contributed by atoms with van der Waals surface area (Å²) in [5, 5.41) is 5.84. The Balaban J connectivity index is 0.000000192. The number of aromatic nitrogens is 1. The van der Waals surface area contributed by atoms with Crippen molar-refractivity contribution >= 4 is 13.1 Å². The van der Waals surface area contributed by atoms with E-state index in [-0.39, 0.29) is 0 Å². The van der Waals surface area contributed by atoms with Gasteiger partial charge in [0.2, 0.25) is 6.41 Å². The maximum Gasteiger partial charge on any atom is 0.221 e. The topological polar surface area (TPSA) is 69.6 Å². The van der Waals surface area contributed by atoms with Gasteiger partial charge in [0.05, 0.1) is 5.70 Å². The van der Waals surface area contributed by atoms with Gasteiger partial charge in [-0.15, -0.1) is 0 Å². The molecule has 2 N–H and O–H groups in total. The lowest BCUT2D eigenvalue weighted by molar-refractivity contribution is -0.114. The van der Waals surface area contributed by atoms with Crippen molar-refractivity contribution in [2.45, 2.75) is 58.4 Å². The first kappa shape index (κ1) is 25.4. The van der Waals surface area contributed by atoms with Crippen LogP contribution in [-0.2, 0) is 17.6 Å². The zero-order valence-electron chi connectivity index (χ0n) is 20.4. The molecule has 0 spiro atoms. The van der Waals surface area contributed by atoms with Crippen LogP contribution >= 0.6 is 0 Å². The third kappa shape index (κ3) is 7.96. The number of allylic oxidation sites excluding steroid dienone is 3. The molecule has 1 amide bonds. The molecular formula is C28H37N5O. The van der Waals surface area contributed by atoms with Gasteiger partial charge in [0.1, 0.15) is 0 Å². The highest BCUT2D eigenvalue weighted by molar-refractivity contribution is 5.45. The number of hydrogen-bond acceptors (Lipinski definition) is 5. The van der Waals surface area contributed by atoms with E-state index >= 15 is 0 Å². The number of carbonyl (C=O) groups excluding carboxylic acids is 1. The van der Waals surface area contributed by atoms with E-state index in [0.717, 1.165) is 50.0 Å². The molecule has 34 heavy (non-hydrogen) atoms. The molecule has 6 nitrogen and oxygen atoms in total. The van der Waals surface area contributed by atoms with Crippen LogP contribution in [0.1, 0.15) is 49.4 Å². The molecule has 1 aliphatic carbocycles. The lowest BCUT2D eigenvalue weighted by atomic mass is 9.91. The molecule has 2 aromatic rings. The number of nitrogens with one attached hydrogen (secondary N) is 2. The summed E-state index contributed by atoms with van der Waals surface area (Å²) >= 11 is 0. The van der Waals surface area contributed by atoms with Crippen molar-refractivity contribution in [2.75, 3.05) is 6.54 Å². The Labute approximate surface area is 203 Å². The van der Waals surface area contributed by atoms with Crippen LogP contribution in [-0.4, -0.2) is 35.7 Å². The van der Waals surface area contributed by atoms with Gasteiger partial charge in [-0.2, -0.15) is 5.10 Å². The van der Waals surface area contributed by atoms with Crippen LogP contribution in [0.3, 0.4) is 0 Å². The number of hydrazine groups is 1. The van der Waals surface area contributed by atoms with E-state index in [4.69, 9.17) is 0 Å². The van der Waals surface area contributed by atoms with Crippen LogP contribution in [0.5, 0.6) is 0 Å². The zero-order chi connectivity index (χ0) is 24.2. The molecule has 4 rings (SSSR count). The summed E-state index contributed by atoms with van der Waals surface area (Å²) in [6, 6.07) is 15.2. The molecule has 2 heterocycles. The molecule has 2 aliphatic rings. The largest absolute Gasteiger partial charge is 0.291 e. The molecule has 2 unspecified atom stereocenters. The van der Waals surface area contributed by atoms with Crippen LogP contribution in [0.4, 0.5) is 0 Å². The van der Waals surface area contributed by atoms with E-state index in [0.29, 0.717) is 12.0 Å². The van der Waals surface area contributed by atoms with Crippen molar-refractivity contribution in [3.8, 4) is 0 Å². The van der Waals surface area contributed by atoms with E-state index in [1.54, 1.807) is 0 Å². The highest BCUT2D eigenvalue weighted by Crippen LogP contribution is 2.24. The third-order valence-corrected chi connectivity index (χ3v) is 6.29. The van der Waals surface area contributed by atoms with Crippen molar-refractivity contribution in [3.05, 3.63) is 88.9 Å². The predicted molar refractivity (Wildman–Crippen MR) is 139 cm³/mol. The summed E-state index contributed by atoms with van der Waals surface area (Å²) in [5.41, 5.74) is 11.8. The minimum Gasteiger partial charge on any atom is -0.291 e. The van der Waals surface area contributed by atoms with Crippen LogP contribution in [0.15, 0.2) is 77.2 Å². The van der Waals surface area contributed by atoms with Crippen molar-refractivity contribution < 1.29 is 4.79 Å². The standard InChI is InChI=1S/C15H19N3.C13H18N2O/c1-11-4-5-15(18-16-3)14(8-11)10-13-6-7-17-12(2)9-13;16-11-14-15-10-4-7-13(15)9-8-12-5-2-1-3-6-12/h5-9,11,18H,3-4,10H2,1-2H3;1-3,5-6,11,13H,4,7-10H2,(H,14,16). The second-order valence-corrected chi connectivity index (χ2v) is 9.04. The van der Waals surface area contributed by atoms with Gasteiger partial charge in [0, 0.05) is 31.2 Å². The Kier molecular flexibility index (Phi) is 10.0. The number of rotatable bonds is 9. The summed E-state index contributed by atoms with van der Waals surface area (Å²) in [6.45, 7) is 8.72. The monoisotopic (exact) mass is 459 g/mol. The first-order valence-electron chi connectivity index (χ1n) is 12.1. The number of hydrogen-bond donors (Lipinski definition) is 2. The number of aryl methyl sites for hydroxylation is 2. The van der Waals surface area contributed by atoms with Gasteiger partial charge < -0.3 is 0 Å². The van der Waals surface area contributed by atoms with Gasteiger partial charge in [0.15, 0.2) is 0 Å². The Morgan fingerprint density at radius 3 is 2.79 bits per heavy atom. The molecule has 1 fully saturated rings. The molecule has 1 aromatic heterocycles. The van der Waals surface area contributed by atoms with E-state index in [9.17, 15) is 4.79 Å². The Morgan fingerprint density at radius 2 is 2.06 bits per heavy atom. The Morgan fingerprint density at radius 1 is 1.24 bits per heavy atom. The van der Waals surface area contributed by atoms with E-state index < -0.39 is 0 Å². The number of carbonyl (C=O) groups is 1. The Hall–Kier alpha value is -3.25. The van der Waals surface area contributed by atoms with Crippen LogP contribution < -0.4 is 10.9 Å². The summed E-state index contributed by atoms with van der Waals surface area (Å²) in [7, 11) is 0. The fourth-order valence-electron chi connectivity index (χ4n) is 4.58. The van der Waals surface area contributed by atoms with Crippen molar-refractivity contribution in [1.82, 2.24) is 20.8 Å². The summed E-state index contributed by atoms with van der Waals surface area (Å²) in [5.74, 6) is 0.582. The lowest BCUT2D eigenvalue weighted by Crippen LogP contribution is -2.40. The normalized spacial score (nSPS) is 19.8. The Bertz CT molecular complexity index is 985. The molecule has 0 bridgehead atoms. The minimum atomic E-state index is 0.505. The van der Waals surface area contributed by atoms with E-state index in [1.165, 1.54) is 29.5 Å². The molecule has 6 heteroatoms. The smallest absolute Gasteiger partial charge is 0.221 e. The van der Waals surface area contributed by atoms with Crippen LogP contribution in [0, 0.1) is 12.8 Å². The SMILES string of the molecule is C=NNC1=CCC(C)C=C1Cc1ccnc(C)c1.O=CNN1CCCC1CCc1ccccc1. The molecule has 0 saturated carbocycles. The zero-order valence-corrected chi connectivity index (χ0v) is 20.4. The van der Waals surface area contributed by atoms with E-state index in [2.05, 4.69) is 88.1 Å². The summed E-state index contributed by atoms with van der Waals surface area (Å²) in [4.78, 5) is 14.7. The third-order valence-electron chi connectivity index (χ3n) is 6.29. The predicted octanol–water partition coefficient (Wildman–Crippen LogP) is 4.73. The highest BCUT2D eigenvalue weighted by Gasteiger charge is 2.23. The summed E-state index contributed by atoms with van der Waals surface area (Å²) < 4.78 is 0. The average Bonchev–Trinajstić information content (AvgIpc) is 3.28. The second-order valence-electron chi connectivity index (χ2n) is 9.04. The van der Waals surface area contributed by atoms with Gasteiger partial charge in [-0.25, -0.2) is 5.01 Å². The van der Waals surface area contributed by atoms with E-state index in [1.807, 2.05) is 19.2 Å². The van der Waals surface area contributed by atoms with Crippen LogP contribution in [0.2, 0.25) is 0 Å². The van der Waals surface area contributed by atoms with Gasteiger partial charge in [-0.3, -0.25) is 20.6 Å². The number of benzene rings is 1. The second kappa shape index (κ2) is 13.5.